The lowest BCUT2D eigenvalue weighted by Crippen LogP contribution is -2.40. The van der Waals surface area contributed by atoms with E-state index in [1.807, 2.05) is 11.1 Å². The van der Waals surface area contributed by atoms with Gasteiger partial charge in [0, 0.05) is 57.9 Å². The molecule has 3 heterocycles. The van der Waals surface area contributed by atoms with Crippen LogP contribution in [0.15, 0.2) is 6.20 Å². The summed E-state index contributed by atoms with van der Waals surface area (Å²) < 4.78 is 13.1. The molecule has 0 unspecified atom stereocenters. The van der Waals surface area contributed by atoms with Crippen LogP contribution in [-0.4, -0.2) is 54.1 Å². The summed E-state index contributed by atoms with van der Waals surface area (Å²) in [5.74, 6) is 1.78. The first-order chi connectivity index (χ1) is 12.2. The normalized spacial score (nSPS) is 24.4. The Kier molecular flexibility index (Phi) is 5.08. The Morgan fingerprint density at radius 2 is 2.08 bits per heavy atom. The lowest BCUT2D eigenvalue weighted by Gasteiger charge is -2.34. The van der Waals surface area contributed by atoms with Crippen molar-refractivity contribution in [3.63, 3.8) is 0 Å². The molecule has 1 aliphatic carbocycles. The van der Waals surface area contributed by atoms with E-state index in [0.29, 0.717) is 37.3 Å². The lowest BCUT2D eigenvalue weighted by molar-refractivity contribution is -0.133. The van der Waals surface area contributed by atoms with Crippen molar-refractivity contribution in [2.24, 2.45) is 11.8 Å². The average molecular weight is 347 g/mol. The third kappa shape index (κ3) is 3.90. The van der Waals surface area contributed by atoms with Crippen molar-refractivity contribution in [1.29, 1.82) is 0 Å². The maximum atomic E-state index is 12.6. The first-order valence-corrected chi connectivity index (χ1v) is 9.63. The molecule has 1 amide bonds. The third-order valence-corrected chi connectivity index (χ3v) is 5.80. The van der Waals surface area contributed by atoms with Crippen molar-refractivity contribution in [3.05, 3.63) is 17.5 Å². The first-order valence-electron chi connectivity index (χ1n) is 9.63. The van der Waals surface area contributed by atoms with Crippen LogP contribution in [0, 0.1) is 11.8 Å². The fourth-order valence-corrected chi connectivity index (χ4v) is 4.19. The zero-order valence-corrected chi connectivity index (χ0v) is 15.2. The van der Waals surface area contributed by atoms with Crippen LogP contribution in [0.4, 0.5) is 0 Å². The van der Waals surface area contributed by atoms with Crippen LogP contribution in [0.2, 0.25) is 0 Å². The lowest BCUT2D eigenvalue weighted by atomic mass is 9.95. The number of methoxy groups -OCH3 is 1. The molecule has 1 aromatic rings. The molecule has 1 saturated heterocycles. The molecule has 1 atom stereocenters. The van der Waals surface area contributed by atoms with Crippen molar-refractivity contribution < 1.29 is 14.3 Å². The van der Waals surface area contributed by atoms with E-state index in [9.17, 15) is 4.79 Å². The summed E-state index contributed by atoms with van der Waals surface area (Å²) >= 11 is 0. The Morgan fingerprint density at radius 3 is 2.80 bits per heavy atom. The average Bonchev–Trinajstić information content (AvgIpc) is 3.35. The second-order valence-corrected chi connectivity index (χ2v) is 7.87. The fraction of sp³-hybridized carbons (Fsp3) is 0.789. The second-order valence-electron chi connectivity index (χ2n) is 7.87. The molecule has 2 fully saturated rings. The van der Waals surface area contributed by atoms with Crippen molar-refractivity contribution in [3.8, 4) is 0 Å². The van der Waals surface area contributed by atoms with E-state index in [4.69, 9.17) is 9.47 Å². The molecule has 25 heavy (non-hydrogen) atoms. The largest absolute Gasteiger partial charge is 0.384 e. The highest BCUT2D eigenvalue weighted by Gasteiger charge is 2.34. The van der Waals surface area contributed by atoms with Crippen LogP contribution in [0.5, 0.6) is 0 Å². The number of aromatic nitrogens is 2. The molecule has 6 nitrogen and oxygen atoms in total. The van der Waals surface area contributed by atoms with Gasteiger partial charge in [-0.15, -0.1) is 0 Å². The second kappa shape index (κ2) is 7.46. The van der Waals surface area contributed by atoms with Gasteiger partial charge in [0.25, 0.3) is 0 Å². The van der Waals surface area contributed by atoms with Gasteiger partial charge >= 0.3 is 0 Å². The van der Waals surface area contributed by atoms with Crippen LogP contribution < -0.4 is 0 Å². The predicted octanol–water partition coefficient (Wildman–Crippen LogP) is 2.18. The molecule has 2 aliphatic heterocycles. The van der Waals surface area contributed by atoms with Gasteiger partial charge in [0.05, 0.1) is 18.5 Å². The SMILES string of the molecule is COC[C@@H]1CN(C(=O)CC2CC2)Cc2cnn(CC3CCOCC3)c21. The summed E-state index contributed by atoms with van der Waals surface area (Å²) in [4.78, 5) is 14.6. The van der Waals surface area contributed by atoms with E-state index in [-0.39, 0.29) is 5.92 Å². The number of amides is 1. The maximum Gasteiger partial charge on any atom is 0.223 e. The van der Waals surface area contributed by atoms with E-state index < -0.39 is 0 Å². The number of ether oxygens (including phenoxy) is 2. The van der Waals surface area contributed by atoms with E-state index in [1.54, 1.807) is 7.11 Å². The van der Waals surface area contributed by atoms with Crippen LogP contribution in [0.1, 0.15) is 49.3 Å². The molecular formula is C19H29N3O3. The van der Waals surface area contributed by atoms with Crippen LogP contribution in [0.3, 0.4) is 0 Å². The van der Waals surface area contributed by atoms with Gasteiger partial charge in [0.15, 0.2) is 0 Å². The third-order valence-electron chi connectivity index (χ3n) is 5.80. The number of hydrogen-bond acceptors (Lipinski definition) is 4. The summed E-state index contributed by atoms with van der Waals surface area (Å²) in [7, 11) is 1.74. The molecule has 0 bridgehead atoms. The number of nitrogens with zero attached hydrogens (tertiary/aromatic N) is 3. The van der Waals surface area contributed by atoms with Gasteiger partial charge in [-0.1, -0.05) is 0 Å². The van der Waals surface area contributed by atoms with Crippen LogP contribution in [-0.2, 0) is 27.4 Å². The molecule has 0 spiro atoms. The maximum absolute atomic E-state index is 12.6. The molecule has 1 saturated carbocycles. The zero-order valence-electron chi connectivity index (χ0n) is 15.2. The smallest absolute Gasteiger partial charge is 0.223 e. The highest BCUT2D eigenvalue weighted by Crippen LogP contribution is 2.35. The Bertz CT molecular complexity index is 605. The Labute approximate surface area is 149 Å². The van der Waals surface area contributed by atoms with Gasteiger partial charge in [-0.2, -0.15) is 5.10 Å². The first kappa shape index (κ1) is 17.0. The summed E-state index contributed by atoms with van der Waals surface area (Å²) in [5.41, 5.74) is 2.48. The number of rotatable bonds is 6. The van der Waals surface area contributed by atoms with E-state index >= 15 is 0 Å². The van der Waals surface area contributed by atoms with Crippen molar-refractivity contribution >= 4 is 5.91 Å². The molecule has 6 heteroatoms. The minimum absolute atomic E-state index is 0.222. The minimum Gasteiger partial charge on any atom is -0.384 e. The summed E-state index contributed by atoms with van der Waals surface area (Å²) in [6, 6.07) is 0. The quantitative estimate of drug-likeness (QED) is 0.791. The molecule has 4 rings (SSSR count). The van der Waals surface area contributed by atoms with Crippen LogP contribution >= 0.6 is 0 Å². The topological polar surface area (TPSA) is 56.6 Å². The van der Waals surface area contributed by atoms with Crippen molar-refractivity contribution in [2.45, 2.75) is 51.1 Å². The number of fused-ring (bicyclic) bond motifs is 1. The number of carbonyl (C=O) groups is 1. The van der Waals surface area contributed by atoms with Gasteiger partial charge < -0.3 is 14.4 Å². The van der Waals surface area contributed by atoms with Crippen molar-refractivity contribution in [1.82, 2.24) is 14.7 Å². The highest BCUT2D eigenvalue weighted by atomic mass is 16.5. The molecule has 0 aromatic carbocycles. The van der Waals surface area contributed by atoms with Gasteiger partial charge in [0.2, 0.25) is 5.91 Å². The molecule has 0 N–H and O–H groups in total. The number of hydrogen-bond donors (Lipinski definition) is 0. The molecular weight excluding hydrogens is 318 g/mol. The molecule has 0 radical (unpaired) electrons. The van der Waals surface area contributed by atoms with Crippen LogP contribution in [0.25, 0.3) is 0 Å². The molecule has 138 valence electrons. The fourth-order valence-electron chi connectivity index (χ4n) is 4.19. The summed E-state index contributed by atoms with van der Waals surface area (Å²) in [5, 5.41) is 4.67. The Morgan fingerprint density at radius 1 is 1.28 bits per heavy atom. The van der Waals surface area contributed by atoms with Gasteiger partial charge in [-0.3, -0.25) is 9.48 Å². The Balaban J connectivity index is 1.50. The van der Waals surface area contributed by atoms with E-state index in [2.05, 4.69) is 9.78 Å². The van der Waals surface area contributed by atoms with Gasteiger partial charge in [-0.25, -0.2) is 0 Å². The Hall–Kier alpha value is -1.40. The standard InChI is InChI=1S/C19H29N3O3/c1-24-13-17-12-21(18(23)8-14-2-3-14)11-16-9-20-22(19(16)17)10-15-4-6-25-7-5-15/h9,14-15,17H,2-8,10-13H2,1H3/t17-/m0/s1. The van der Waals surface area contributed by atoms with E-state index in [1.165, 1.54) is 24.1 Å². The van der Waals surface area contributed by atoms with Gasteiger partial charge in [0.1, 0.15) is 0 Å². The van der Waals surface area contributed by atoms with Crippen molar-refractivity contribution in [2.75, 3.05) is 33.5 Å². The molecule has 3 aliphatic rings. The summed E-state index contributed by atoms with van der Waals surface area (Å²) in [6.07, 6.45) is 7.33. The van der Waals surface area contributed by atoms with Gasteiger partial charge in [-0.05, 0) is 37.5 Å². The minimum atomic E-state index is 0.222. The summed E-state index contributed by atoms with van der Waals surface area (Å²) in [6.45, 7) is 4.77. The zero-order chi connectivity index (χ0) is 17.2. The highest BCUT2D eigenvalue weighted by molar-refractivity contribution is 5.77. The molecule has 1 aromatic heterocycles. The van der Waals surface area contributed by atoms with E-state index in [0.717, 1.165) is 39.1 Å². The number of carbonyl (C=O) groups excluding carboxylic acids is 1. The monoisotopic (exact) mass is 347 g/mol. The predicted molar refractivity (Wildman–Crippen MR) is 93.1 cm³/mol.